The third-order valence-electron chi connectivity index (χ3n) is 4.35. The van der Waals surface area contributed by atoms with Gasteiger partial charge in [-0.1, -0.05) is 0 Å². The Morgan fingerprint density at radius 1 is 1.52 bits per heavy atom. The molecule has 6 nitrogen and oxygen atoms in total. The van der Waals surface area contributed by atoms with E-state index in [1.54, 1.807) is 0 Å². The number of piperazine rings is 1. The Labute approximate surface area is 127 Å². The number of nitrogen functional groups attached to an aromatic ring is 1. The quantitative estimate of drug-likeness (QED) is 0.483. The number of hydrogen-bond acceptors (Lipinski definition) is 5. The van der Waals surface area contributed by atoms with Crippen molar-refractivity contribution in [1.29, 1.82) is 0 Å². The van der Waals surface area contributed by atoms with Gasteiger partial charge in [0.1, 0.15) is 0 Å². The Hall–Kier alpha value is -1.44. The average Bonchev–Trinajstić information content (AvgIpc) is 3.02. The second-order valence-corrected chi connectivity index (χ2v) is 6.94. The van der Waals surface area contributed by atoms with Gasteiger partial charge < -0.3 is 4.90 Å². The van der Waals surface area contributed by atoms with Crippen LogP contribution in [0.1, 0.15) is 33.0 Å². The van der Waals surface area contributed by atoms with Crippen molar-refractivity contribution in [2.75, 3.05) is 19.6 Å². The topological polar surface area (TPSA) is 78.7 Å². The van der Waals surface area contributed by atoms with Crippen LogP contribution in [0.15, 0.2) is 6.07 Å². The monoisotopic (exact) mass is 308 g/mol. The number of nitrogens with two attached hydrogens (primary N) is 1. The summed E-state index contributed by atoms with van der Waals surface area (Å²) in [7, 11) is 0. The fourth-order valence-corrected chi connectivity index (χ4v) is 4.11. The molecule has 3 heterocycles. The lowest BCUT2D eigenvalue weighted by Crippen LogP contribution is -2.50. The summed E-state index contributed by atoms with van der Waals surface area (Å²) in [5.74, 6) is 5.24. The van der Waals surface area contributed by atoms with Crippen LogP contribution in [0.4, 0.5) is 0 Å². The molecule has 0 aliphatic carbocycles. The van der Waals surface area contributed by atoms with Crippen LogP contribution in [-0.4, -0.2) is 47.3 Å². The lowest BCUT2D eigenvalue weighted by Gasteiger charge is -2.37. The van der Waals surface area contributed by atoms with Crippen molar-refractivity contribution in [3.63, 3.8) is 0 Å². The molecular weight excluding hydrogens is 288 g/mol. The van der Waals surface area contributed by atoms with Crippen molar-refractivity contribution < 1.29 is 9.59 Å². The lowest BCUT2D eigenvalue weighted by molar-refractivity contribution is -0.130. The summed E-state index contributed by atoms with van der Waals surface area (Å²) in [6, 6.07) is 2.30. The Morgan fingerprint density at radius 3 is 3.10 bits per heavy atom. The molecule has 114 valence electrons. The van der Waals surface area contributed by atoms with Crippen LogP contribution in [-0.2, 0) is 11.3 Å². The zero-order valence-corrected chi connectivity index (χ0v) is 12.9. The molecule has 1 aromatic heterocycles. The van der Waals surface area contributed by atoms with Gasteiger partial charge >= 0.3 is 0 Å². The minimum absolute atomic E-state index is 0.236. The van der Waals surface area contributed by atoms with E-state index in [1.807, 2.05) is 17.9 Å². The van der Waals surface area contributed by atoms with E-state index in [1.165, 1.54) is 16.9 Å². The number of hydrazine groups is 1. The predicted molar refractivity (Wildman–Crippen MR) is 80.7 cm³/mol. The van der Waals surface area contributed by atoms with Gasteiger partial charge in [-0.25, -0.2) is 5.84 Å². The van der Waals surface area contributed by atoms with Crippen molar-refractivity contribution in [2.45, 2.75) is 32.4 Å². The molecule has 0 bridgehead atoms. The Morgan fingerprint density at radius 2 is 2.33 bits per heavy atom. The molecule has 21 heavy (non-hydrogen) atoms. The first-order chi connectivity index (χ1) is 10.1. The van der Waals surface area contributed by atoms with E-state index in [-0.39, 0.29) is 5.91 Å². The molecule has 2 fully saturated rings. The molecular formula is C14H20N4O2S. The van der Waals surface area contributed by atoms with E-state index < -0.39 is 0 Å². The molecule has 0 aromatic carbocycles. The van der Waals surface area contributed by atoms with Crippen LogP contribution in [0, 0.1) is 6.92 Å². The number of nitrogens with one attached hydrogen (secondary N) is 1. The second-order valence-electron chi connectivity index (χ2n) is 5.68. The van der Waals surface area contributed by atoms with Crippen LogP contribution in [0.5, 0.6) is 0 Å². The standard InChI is InChI=1S/C14H20N4O2S/c1-9-10(6-12(21-9)14(20)16-15)7-17-4-5-18-11(8-17)2-3-13(18)19/h6,11H,2-5,7-8,15H2,1H3,(H,16,20). The predicted octanol–water partition coefficient (Wildman–Crippen LogP) is 0.467. The molecule has 2 aliphatic rings. The molecule has 0 spiro atoms. The molecule has 3 N–H and O–H groups in total. The van der Waals surface area contributed by atoms with Gasteiger partial charge in [-0.2, -0.15) is 0 Å². The maximum absolute atomic E-state index is 11.7. The van der Waals surface area contributed by atoms with E-state index >= 15 is 0 Å². The summed E-state index contributed by atoms with van der Waals surface area (Å²) in [5.41, 5.74) is 3.35. The number of hydrogen-bond donors (Lipinski definition) is 2. The van der Waals surface area contributed by atoms with Crippen LogP contribution < -0.4 is 11.3 Å². The molecule has 0 radical (unpaired) electrons. The molecule has 2 saturated heterocycles. The third-order valence-corrected chi connectivity index (χ3v) is 5.44. The molecule has 2 amide bonds. The number of aryl methyl sites for hydroxylation is 1. The summed E-state index contributed by atoms with van der Waals surface area (Å²) >= 11 is 1.47. The first kappa shape index (κ1) is 14.5. The van der Waals surface area contributed by atoms with Crippen LogP contribution in [0.3, 0.4) is 0 Å². The van der Waals surface area contributed by atoms with Gasteiger partial charge in [0.05, 0.1) is 4.88 Å². The lowest BCUT2D eigenvalue weighted by atomic mass is 10.1. The highest BCUT2D eigenvalue weighted by molar-refractivity contribution is 7.14. The van der Waals surface area contributed by atoms with E-state index in [9.17, 15) is 9.59 Å². The average molecular weight is 308 g/mol. The van der Waals surface area contributed by atoms with Crippen molar-refractivity contribution in [3.8, 4) is 0 Å². The highest BCUT2D eigenvalue weighted by atomic mass is 32.1. The highest BCUT2D eigenvalue weighted by Crippen LogP contribution is 2.26. The van der Waals surface area contributed by atoms with E-state index in [4.69, 9.17) is 5.84 Å². The largest absolute Gasteiger partial charge is 0.337 e. The summed E-state index contributed by atoms with van der Waals surface area (Å²) in [4.78, 5) is 29.5. The zero-order valence-electron chi connectivity index (χ0n) is 12.1. The summed E-state index contributed by atoms with van der Waals surface area (Å²) in [6.07, 6.45) is 1.66. The van der Waals surface area contributed by atoms with Gasteiger partial charge in [0, 0.05) is 43.5 Å². The normalized spacial score (nSPS) is 22.5. The van der Waals surface area contributed by atoms with E-state index in [2.05, 4.69) is 10.3 Å². The summed E-state index contributed by atoms with van der Waals surface area (Å²) < 4.78 is 0. The van der Waals surface area contributed by atoms with Crippen molar-refractivity contribution in [2.24, 2.45) is 5.84 Å². The fourth-order valence-electron chi connectivity index (χ4n) is 3.17. The number of amides is 2. The number of carbonyl (C=O) groups is 2. The van der Waals surface area contributed by atoms with Crippen LogP contribution in [0.2, 0.25) is 0 Å². The molecule has 7 heteroatoms. The molecule has 3 rings (SSSR count). The van der Waals surface area contributed by atoms with E-state index in [0.29, 0.717) is 23.2 Å². The van der Waals surface area contributed by atoms with Gasteiger partial charge in [0.15, 0.2) is 0 Å². The summed E-state index contributed by atoms with van der Waals surface area (Å²) in [6.45, 7) is 5.51. The second kappa shape index (κ2) is 5.75. The first-order valence-corrected chi connectivity index (χ1v) is 8.02. The summed E-state index contributed by atoms with van der Waals surface area (Å²) in [5, 5.41) is 0. The molecule has 1 atom stereocenters. The minimum Gasteiger partial charge on any atom is -0.337 e. The van der Waals surface area contributed by atoms with Gasteiger partial charge in [-0.15, -0.1) is 11.3 Å². The minimum atomic E-state index is -0.236. The molecule has 1 aromatic rings. The van der Waals surface area contributed by atoms with Gasteiger partial charge in [0.2, 0.25) is 5.91 Å². The molecule has 0 saturated carbocycles. The Kier molecular flexibility index (Phi) is 3.97. The van der Waals surface area contributed by atoms with Gasteiger partial charge in [-0.3, -0.25) is 19.9 Å². The Bertz CT molecular complexity index is 571. The van der Waals surface area contributed by atoms with Crippen LogP contribution in [0.25, 0.3) is 0 Å². The van der Waals surface area contributed by atoms with Crippen molar-refractivity contribution >= 4 is 23.2 Å². The maximum Gasteiger partial charge on any atom is 0.275 e. The maximum atomic E-state index is 11.7. The van der Waals surface area contributed by atoms with E-state index in [0.717, 1.165) is 37.5 Å². The molecule has 2 aliphatic heterocycles. The van der Waals surface area contributed by atoms with Crippen molar-refractivity contribution in [3.05, 3.63) is 21.4 Å². The smallest absolute Gasteiger partial charge is 0.275 e. The highest BCUT2D eigenvalue weighted by Gasteiger charge is 2.35. The number of thiophene rings is 1. The van der Waals surface area contributed by atoms with Crippen LogP contribution >= 0.6 is 11.3 Å². The SMILES string of the molecule is Cc1sc(C(=O)NN)cc1CN1CCN2C(=O)CCC2C1. The number of carbonyl (C=O) groups excluding carboxylic acids is 2. The zero-order chi connectivity index (χ0) is 15.0. The Balaban J connectivity index is 1.66. The number of rotatable bonds is 3. The number of fused-ring (bicyclic) bond motifs is 1. The molecule has 1 unspecified atom stereocenters. The van der Waals surface area contributed by atoms with Gasteiger partial charge in [-0.05, 0) is 25.0 Å². The van der Waals surface area contributed by atoms with Gasteiger partial charge in [0.25, 0.3) is 5.91 Å². The first-order valence-electron chi connectivity index (χ1n) is 7.20. The third kappa shape index (κ3) is 2.81. The number of nitrogens with zero attached hydrogens (tertiary/aromatic N) is 2. The van der Waals surface area contributed by atoms with Crippen molar-refractivity contribution in [1.82, 2.24) is 15.2 Å². The fraction of sp³-hybridized carbons (Fsp3) is 0.571.